The van der Waals surface area contributed by atoms with Gasteiger partial charge in [0.05, 0.1) is 31.9 Å². The fourth-order valence-electron chi connectivity index (χ4n) is 2.07. The van der Waals surface area contributed by atoms with Crippen molar-refractivity contribution in [2.45, 2.75) is 4.90 Å². The van der Waals surface area contributed by atoms with Crippen molar-refractivity contribution < 1.29 is 27.6 Å². The van der Waals surface area contributed by atoms with Gasteiger partial charge in [-0.2, -0.15) is 0 Å². The molecule has 10 heteroatoms. The summed E-state index contributed by atoms with van der Waals surface area (Å²) in [5.74, 6) is 0.686. The van der Waals surface area contributed by atoms with E-state index in [0.717, 1.165) is 12.1 Å². The zero-order chi connectivity index (χ0) is 18.6. The molecular weight excluding hydrogens is 352 g/mol. The number of anilines is 1. The number of rotatable bonds is 7. The predicted octanol–water partition coefficient (Wildman–Crippen LogP) is 2.42. The quantitative estimate of drug-likeness (QED) is 0.589. The Labute approximate surface area is 144 Å². The van der Waals surface area contributed by atoms with E-state index in [1.54, 1.807) is 6.07 Å². The Bertz CT molecular complexity index is 897. The van der Waals surface area contributed by atoms with Gasteiger partial charge < -0.3 is 14.2 Å². The topological polar surface area (TPSA) is 117 Å². The third kappa shape index (κ3) is 3.91. The Morgan fingerprint density at radius 1 is 0.960 bits per heavy atom. The van der Waals surface area contributed by atoms with E-state index in [0.29, 0.717) is 5.75 Å². The van der Waals surface area contributed by atoms with E-state index in [4.69, 9.17) is 14.2 Å². The standard InChI is InChI=1S/C15H16N2O7S/c1-22-11-5-6-12(14(9-11)24-3)16-25(20,21)15-8-10(17(18)19)4-7-13(15)23-2/h4-9,16H,1-3H3. The third-order valence-corrected chi connectivity index (χ3v) is 4.69. The first-order valence-corrected chi connectivity index (χ1v) is 8.38. The number of non-ortho nitro benzene ring substituents is 1. The Morgan fingerprint density at radius 3 is 2.20 bits per heavy atom. The van der Waals surface area contributed by atoms with Gasteiger partial charge in [0.1, 0.15) is 22.1 Å². The summed E-state index contributed by atoms with van der Waals surface area (Å²) in [6.45, 7) is 0. The normalized spacial score (nSPS) is 10.8. The first-order valence-electron chi connectivity index (χ1n) is 6.89. The number of nitro groups is 1. The highest BCUT2D eigenvalue weighted by Crippen LogP contribution is 2.34. The average Bonchev–Trinajstić information content (AvgIpc) is 2.61. The van der Waals surface area contributed by atoms with Gasteiger partial charge in [0.15, 0.2) is 0 Å². The van der Waals surface area contributed by atoms with Gasteiger partial charge >= 0.3 is 0 Å². The van der Waals surface area contributed by atoms with Crippen LogP contribution in [0.1, 0.15) is 0 Å². The molecule has 0 saturated heterocycles. The van der Waals surface area contributed by atoms with E-state index in [1.807, 2.05) is 0 Å². The molecule has 0 amide bonds. The summed E-state index contributed by atoms with van der Waals surface area (Å²) in [6.07, 6.45) is 0. The lowest BCUT2D eigenvalue weighted by atomic mass is 10.3. The molecule has 0 unspecified atom stereocenters. The maximum absolute atomic E-state index is 12.7. The van der Waals surface area contributed by atoms with E-state index >= 15 is 0 Å². The minimum atomic E-state index is -4.16. The van der Waals surface area contributed by atoms with Crippen LogP contribution >= 0.6 is 0 Å². The number of methoxy groups -OCH3 is 3. The zero-order valence-electron chi connectivity index (χ0n) is 13.7. The maximum Gasteiger partial charge on any atom is 0.271 e. The molecule has 0 spiro atoms. The van der Waals surface area contributed by atoms with E-state index in [9.17, 15) is 18.5 Å². The number of nitrogens with zero attached hydrogens (tertiary/aromatic N) is 1. The van der Waals surface area contributed by atoms with Crippen molar-refractivity contribution in [1.82, 2.24) is 0 Å². The molecule has 0 aliphatic heterocycles. The van der Waals surface area contributed by atoms with Crippen molar-refractivity contribution in [3.05, 3.63) is 46.5 Å². The Morgan fingerprint density at radius 2 is 1.64 bits per heavy atom. The smallest absolute Gasteiger partial charge is 0.271 e. The maximum atomic E-state index is 12.7. The SMILES string of the molecule is COc1ccc(NS(=O)(=O)c2cc([N+](=O)[O-])ccc2OC)c(OC)c1. The van der Waals surface area contributed by atoms with Crippen LogP contribution in [0.3, 0.4) is 0 Å². The molecular formula is C15H16N2O7S. The van der Waals surface area contributed by atoms with E-state index < -0.39 is 14.9 Å². The number of sulfonamides is 1. The largest absolute Gasteiger partial charge is 0.497 e. The lowest BCUT2D eigenvalue weighted by molar-refractivity contribution is -0.385. The average molecular weight is 368 g/mol. The van der Waals surface area contributed by atoms with Gasteiger partial charge in [-0.3, -0.25) is 14.8 Å². The minimum Gasteiger partial charge on any atom is -0.497 e. The van der Waals surface area contributed by atoms with Crippen LogP contribution in [0, 0.1) is 10.1 Å². The molecule has 0 aliphatic rings. The summed E-state index contributed by atoms with van der Waals surface area (Å²) in [4.78, 5) is 9.88. The highest BCUT2D eigenvalue weighted by Gasteiger charge is 2.24. The Balaban J connectivity index is 2.49. The van der Waals surface area contributed by atoms with Crippen LogP contribution in [0.5, 0.6) is 17.2 Å². The molecule has 134 valence electrons. The van der Waals surface area contributed by atoms with E-state index in [2.05, 4.69) is 4.72 Å². The second kappa shape index (κ2) is 7.26. The lowest BCUT2D eigenvalue weighted by Crippen LogP contribution is -2.15. The third-order valence-electron chi connectivity index (χ3n) is 3.30. The van der Waals surface area contributed by atoms with E-state index in [1.165, 1.54) is 39.5 Å². The van der Waals surface area contributed by atoms with Crippen molar-refractivity contribution in [2.24, 2.45) is 0 Å². The summed E-state index contributed by atoms with van der Waals surface area (Å²) in [7, 11) is -0.0522. The summed E-state index contributed by atoms with van der Waals surface area (Å²) < 4.78 is 42.9. The molecule has 2 rings (SSSR count). The van der Waals surface area contributed by atoms with Gasteiger partial charge in [0.25, 0.3) is 15.7 Å². The van der Waals surface area contributed by atoms with Gasteiger partial charge in [-0.1, -0.05) is 0 Å². The molecule has 0 saturated carbocycles. The summed E-state index contributed by atoms with van der Waals surface area (Å²) in [6, 6.07) is 7.81. The minimum absolute atomic E-state index is 0.0226. The van der Waals surface area contributed by atoms with Gasteiger partial charge in [0, 0.05) is 18.2 Å². The second-order valence-electron chi connectivity index (χ2n) is 4.76. The highest BCUT2D eigenvalue weighted by atomic mass is 32.2. The van der Waals surface area contributed by atoms with Crippen LogP contribution in [0.2, 0.25) is 0 Å². The van der Waals surface area contributed by atoms with Gasteiger partial charge in [0.2, 0.25) is 0 Å². The number of ether oxygens (including phenoxy) is 3. The Kier molecular flexibility index (Phi) is 5.32. The van der Waals surface area contributed by atoms with Crippen LogP contribution in [0.4, 0.5) is 11.4 Å². The van der Waals surface area contributed by atoms with Crippen molar-refractivity contribution in [3.8, 4) is 17.2 Å². The summed E-state index contributed by atoms with van der Waals surface area (Å²) >= 11 is 0. The van der Waals surface area contributed by atoms with Gasteiger partial charge in [-0.05, 0) is 18.2 Å². The van der Waals surface area contributed by atoms with Crippen LogP contribution in [-0.2, 0) is 10.0 Å². The molecule has 2 aromatic rings. The molecule has 2 aromatic carbocycles. The van der Waals surface area contributed by atoms with Crippen molar-refractivity contribution in [2.75, 3.05) is 26.1 Å². The first kappa shape index (κ1) is 18.3. The monoisotopic (exact) mass is 368 g/mol. The second-order valence-corrected chi connectivity index (χ2v) is 6.41. The lowest BCUT2D eigenvalue weighted by Gasteiger charge is -2.14. The van der Waals surface area contributed by atoms with Crippen molar-refractivity contribution in [1.29, 1.82) is 0 Å². The predicted molar refractivity (Wildman–Crippen MR) is 90.0 cm³/mol. The molecule has 0 aliphatic carbocycles. The molecule has 0 atom stereocenters. The van der Waals surface area contributed by atoms with Gasteiger partial charge in [-0.15, -0.1) is 0 Å². The van der Waals surface area contributed by atoms with E-state index in [-0.39, 0.29) is 27.8 Å². The number of hydrogen-bond donors (Lipinski definition) is 1. The Hall–Kier alpha value is -3.01. The number of nitrogens with one attached hydrogen (secondary N) is 1. The molecule has 25 heavy (non-hydrogen) atoms. The van der Waals surface area contributed by atoms with Crippen LogP contribution in [0.15, 0.2) is 41.3 Å². The number of hydrogen-bond acceptors (Lipinski definition) is 7. The highest BCUT2D eigenvalue weighted by molar-refractivity contribution is 7.92. The molecule has 0 radical (unpaired) electrons. The molecule has 0 fully saturated rings. The fourth-order valence-corrected chi connectivity index (χ4v) is 3.33. The summed E-state index contributed by atoms with van der Waals surface area (Å²) in [5.41, 5.74) is -0.222. The van der Waals surface area contributed by atoms with Gasteiger partial charge in [-0.25, -0.2) is 8.42 Å². The fraction of sp³-hybridized carbons (Fsp3) is 0.200. The summed E-state index contributed by atoms with van der Waals surface area (Å²) in [5, 5.41) is 10.9. The van der Waals surface area contributed by atoms with Crippen molar-refractivity contribution in [3.63, 3.8) is 0 Å². The molecule has 0 aromatic heterocycles. The first-order chi connectivity index (χ1) is 11.8. The zero-order valence-corrected chi connectivity index (χ0v) is 14.5. The molecule has 9 nitrogen and oxygen atoms in total. The van der Waals surface area contributed by atoms with Crippen LogP contribution in [0.25, 0.3) is 0 Å². The van der Waals surface area contributed by atoms with Crippen LogP contribution < -0.4 is 18.9 Å². The molecule has 1 N–H and O–H groups in total. The van der Waals surface area contributed by atoms with Crippen molar-refractivity contribution >= 4 is 21.4 Å². The number of nitro benzene ring substituents is 1. The molecule has 0 heterocycles. The van der Waals surface area contributed by atoms with Crippen LogP contribution in [-0.4, -0.2) is 34.7 Å². The number of benzene rings is 2. The molecule has 0 bridgehead atoms.